The van der Waals surface area contributed by atoms with Gasteiger partial charge in [0.2, 0.25) is 11.8 Å². The highest BCUT2D eigenvalue weighted by Gasteiger charge is 2.25. The molecule has 0 radical (unpaired) electrons. The van der Waals surface area contributed by atoms with Gasteiger partial charge in [-0.3, -0.25) is 14.3 Å². The Morgan fingerprint density at radius 2 is 1.45 bits per heavy atom. The van der Waals surface area contributed by atoms with E-state index in [1.165, 1.54) is 31.2 Å². The molecule has 0 fully saturated rings. The summed E-state index contributed by atoms with van der Waals surface area (Å²) in [5, 5.41) is 8.93. The molecule has 0 saturated carbocycles. The minimum Gasteiger partial charge on any atom is -0.563 e. The van der Waals surface area contributed by atoms with Crippen LogP contribution in [0.1, 0.15) is 48.5 Å². The van der Waals surface area contributed by atoms with Crippen LogP contribution in [0.25, 0.3) is 0 Å². The number of sulfonamides is 1. The molecule has 0 aliphatic rings. The molecule has 0 unspecified atom stereocenters. The molecule has 211 valence electrons. The molecule has 0 bridgehead atoms. The number of carbonyl (C=O) groups excluding carboxylic acids is 2. The first-order valence-corrected chi connectivity index (χ1v) is 16.9. The minimum atomic E-state index is -3.91. The van der Waals surface area contributed by atoms with Crippen LogP contribution in [0.15, 0.2) is 47.4 Å². The SMILES string of the molecule is CC(=O)Nc1ccc(S(=O)(=O)Nc2ccc(NCCO[Si-](C)(C)C(C)(C)C)c(NC(=O)C(C)(C)C)c2)cc1. The lowest BCUT2D eigenvalue weighted by molar-refractivity contribution is -0.123. The van der Waals surface area contributed by atoms with Crippen LogP contribution >= 0.6 is 0 Å². The molecule has 0 heterocycles. The number of anilines is 4. The van der Waals surface area contributed by atoms with Gasteiger partial charge in [-0.1, -0.05) is 41.5 Å². The van der Waals surface area contributed by atoms with Gasteiger partial charge in [-0.2, -0.15) is 0 Å². The third kappa shape index (κ3) is 8.85. The maximum Gasteiger partial charge on any atom is 0.261 e. The Morgan fingerprint density at radius 3 is 1.97 bits per heavy atom. The van der Waals surface area contributed by atoms with Crippen LogP contribution in [0.4, 0.5) is 22.7 Å². The molecule has 0 spiro atoms. The molecule has 2 aromatic carbocycles. The summed E-state index contributed by atoms with van der Waals surface area (Å²) in [6.07, 6.45) is 0. The van der Waals surface area contributed by atoms with Crippen molar-refractivity contribution in [2.45, 2.75) is 71.5 Å². The van der Waals surface area contributed by atoms with E-state index in [1.807, 2.05) is 0 Å². The van der Waals surface area contributed by atoms with Gasteiger partial charge in [-0.15, -0.1) is 18.1 Å². The van der Waals surface area contributed by atoms with Gasteiger partial charge in [0.05, 0.1) is 22.0 Å². The van der Waals surface area contributed by atoms with Crippen molar-refractivity contribution in [3.05, 3.63) is 42.5 Å². The first-order valence-electron chi connectivity index (χ1n) is 12.6. The standard InChI is InChI=1S/C27H42N4O5SSi/c1-19(32)29-20-10-13-22(14-11-20)37(34,35)31-21-12-15-23(24(18-21)30-25(33)26(2,3)4)28-16-17-36-38(8,9)27(5,6)7/h10-15,18,28,31H,16-17H2,1-9H3,(H,29,32)(H,30,33)/q-1. The van der Waals surface area contributed by atoms with E-state index in [-0.39, 0.29) is 21.7 Å². The van der Waals surface area contributed by atoms with Crippen molar-refractivity contribution in [1.82, 2.24) is 0 Å². The molecular weight excluding hydrogens is 520 g/mol. The van der Waals surface area contributed by atoms with Crippen molar-refractivity contribution >= 4 is 52.9 Å². The Morgan fingerprint density at radius 1 is 0.868 bits per heavy atom. The van der Waals surface area contributed by atoms with E-state index in [0.29, 0.717) is 35.9 Å². The van der Waals surface area contributed by atoms with E-state index >= 15 is 0 Å². The Kier molecular flexibility index (Phi) is 9.79. The molecule has 0 atom stereocenters. The zero-order chi connectivity index (χ0) is 28.9. The molecular formula is C27H42N4O5SSi-. The fraction of sp³-hybridized carbons (Fsp3) is 0.481. The topological polar surface area (TPSA) is 126 Å². The van der Waals surface area contributed by atoms with Gasteiger partial charge in [-0.05, 0) is 50.8 Å². The first-order chi connectivity index (χ1) is 17.3. The molecule has 0 aromatic heterocycles. The first kappa shape index (κ1) is 31.3. The number of rotatable bonds is 10. The van der Waals surface area contributed by atoms with Crippen LogP contribution < -0.4 is 20.7 Å². The Balaban J connectivity index is 2.24. The van der Waals surface area contributed by atoms with Crippen molar-refractivity contribution in [1.29, 1.82) is 0 Å². The van der Waals surface area contributed by atoms with E-state index < -0.39 is 23.8 Å². The maximum atomic E-state index is 13.0. The lowest BCUT2D eigenvalue weighted by Gasteiger charge is -2.48. The molecule has 2 amide bonds. The van der Waals surface area contributed by atoms with Crippen LogP contribution in [0.2, 0.25) is 18.1 Å². The fourth-order valence-corrected chi connectivity index (χ4v) is 5.11. The van der Waals surface area contributed by atoms with Crippen LogP contribution in [0, 0.1) is 5.41 Å². The van der Waals surface area contributed by atoms with E-state index in [4.69, 9.17) is 4.43 Å². The maximum absolute atomic E-state index is 13.0. The van der Waals surface area contributed by atoms with Crippen LogP contribution in [0.5, 0.6) is 0 Å². The number of carbonyl (C=O) groups is 2. The second-order valence-corrected chi connectivity index (χ2v) is 18.3. The molecule has 9 nitrogen and oxygen atoms in total. The van der Waals surface area contributed by atoms with E-state index in [1.54, 1.807) is 39.0 Å². The largest absolute Gasteiger partial charge is 0.563 e. The summed E-state index contributed by atoms with van der Waals surface area (Å²) < 4.78 is 34.8. The predicted octanol–water partition coefficient (Wildman–Crippen LogP) is 5.86. The molecule has 0 saturated heterocycles. The van der Waals surface area contributed by atoms with Gasteiger partial charge in [0, 0.05) is 31.2 Å². The normalized spacial score (nSPS) is 12.6. The molecule has 2 rings (SSSR count). The van der Waals surface area contributed by atoms with Crippen LogP contribution in [-0.4, -0.2) is 41.7 Å². The van der Waals surface area contributed by atoms with Gasteiger partial charge < -0.3 is 20.4 Å². The Hall–Kier alpha value is -2.89. The third-order valence-electron chi connectivity index (χ3n) is 6.37. The number of hydrogen-bond acceptors (Lipinski definition) is 6. The fourth-order valence-electron chi connectivity index (χ4n) is 3.02. The summed E-state index contributed by atoms with van der Waals surface area (Å²) in [6, 6.07) is 10.8. The van der Waals surface area contributed by atoms with Gasteiger partial charge in [0.1, 0.15) is 0 Å². The van der Waals surface area contributed by atoms with Gasteiger partial charge >= 0.3 is 0 Å². The Labute approximate surface area is 228 Å². The summed E-state index contributed by atoms with van der Waals surface area (Å²) in [7, 11) is -5.80. The summed E-state index contributed by atoms with van der Waals surface area (Å²) in [4.78, 5) is 24.0. The summed E-state index contributed by atoms with van der Waals surface area (Å²) in [5.41, 5.74) is 1.26. The average Bonchev–Trinajstić information content (AvgIpc) is 2.76. The monoisotopic (exact) mass is 562 g/mol. The smallest absolute Gasteiger partial charge is 0.261 e. The van der Waals surface area contributed by atoms with E-state index in [0.717, 1.165) is 0 Å². The molecule has 38 heavy (non-hydrogen) atoms. The predicted molar refractivity (Wildman–Crippen MR) is 158 cm³/mol. The highest BCUT2D eigenvalue weighted by molar-refractivity contribution is 7.92. The quantitative estimate of drug-likeness (QED) is 0.212. The highest BCUT2D eigenvalue weighted by Crippen LogP contribution is 2.36. The number of amides is 2. The summed E-state index contributed by atoms with van der Waals surface area (Å²) >= 11 is 0. The van der Waals surface area contributed by atoms with Gasteiger partial charge in [0.25, 0.3) is 10.0 Å². The van der Waals surface area contributed by atoms with Crippen LogP contribution in [0.3, 0.4) is 0 Å². The van der Waals surface area contributed by atoms with E-state index in [2.05, 4.69) is 54.5 Å². The minimum absolute atomic E-state index is 0.0388. The van der Waals surface area contributed by atoms with Crippen molar-refractivity contribution in [2.24, 2.45) is 5.41 Å². The highest BCUT2D eigenvalue weighted by atomic mass is 32.2. The van der Waals surface area contributed by atoms with Gasteiger partial charge in [0.15, 0.2) is 0 Å². The van der Waals surface area contributed by atoms with Crippen LogP contribution in [-0.2, 0) is 24.0 Å². The molecule has 4 N–H and O–H groups in total. The number of hydrogen-bond donors (Lipinski definition) is 4. The molecule has 0 aliphatic heterocycles. The van der Waals surface area contributed by atoms with Crippen molar-refractivity contribution in [3.8, 4) is 0 Å². The molecule has 0 aliphatic carbocycles. The number of benzene rings is 2. The lowest BCUT2D eigenvalue weighted by atomic mass is 9.95. The lowest BCUT2D eigenvalue weighted by Crippen LogP contribution is -2.41. The van der Waals surface area contributed by atoms with Crippen molar-refractivity contribution in [2.75, 3.05) is 33.8 Å². The second kappa shape index (κ2) is 11.9. The van der Waals surface area contributed by atoms with E-state index in [9.17, 15) is 18.0 Å². The van der Waals surface area contributed by atoms with Gasteiger partial charge in [-0.25, -0.2) is 8.42 Å². The second-order valence-electron chi connectivity index (χ2n) is 11.8. The van der Waals surface area contributed by atoms with Crippen molar-refractivity contribution in [3.63, 3.8) is 0 Å². The third-order valence-corrected chi connectivity index (χ3v) is 12.3. The zero-order valence-electron chi connectivity index (χ0n) is 23.9. The number of nitrogens with one attached hydrogen (secondary N) is 4. The Bertz CT molecular complexity index is 1250. The van der Waals surface area contributed by atoms with Crippen molar-refractivity contribution < 1.29 is 22.4 Å². The average molecular weight is 563 g/mol. The molecule has 11 heteroatoms. The summed E-state index contributed by atoms with van der Waals surface area (Å²) in [5.74, 6) is -0.449. The summed E-state index contributed by atoms with van der Waals surface area (Å²) in [6.45, 7) is 18.8. The zero-order valence-corrected chi connectivity index (χ0v) is 25.7. The molecule has 2 aromatic rings.